The summed E-state index contributed by atoms with van der Waals surface area (Å²) in [6.07, 6.45) is 0. The summed E-state index contributed by atoms with van der Waals surface area (Å²) in [5.41, 5.74) is 0.828. The Bertz CT molecular complexity index is 758. The minimum Gasteiger partial charge on any atom is -0.493 e. The number of nitrogens with one attached hydrogen (secondary N) is 1. The first-order valence-electron chi connectivity index (χ1n) is 7.34. The SMILES string of the molecule is COc1cc(C(C)NC(=O)c2nc(Cl)ccc2Cl)cc(OC)c1OC. The molecule has 2 rings (SSSR count). The van der Waals surface area contributed by atoms with E-state index < -0.39 is 5.91 Å². The maximum absolute atomic E-state index is 12.4. The monoisotopic (exact) mass is 384 g/mol. The molecule has 1 N–H and O–H groups in total. The van der Waals surface area contributed by atoms with Gasteiger partial charge in [0.25, 0.3) is 5.91 Å². The molecule has 1 aromatic carbocycles. The molecule has 0 aliphatic rings. The highest BCUT2D eigenvalue weighted by atomic mass is 35.5. The van der Waals surface area contributed by atoms with Crippen molar-refractivity contribution in [1.82, 2.24) is 10.3 Å². The Labute approximate surface area is 156 Å². The molecule has 1 unspecified atom stereocenters. The van der Waals surface area contributed by atoms with Crippen molar-refractivity contribution in [1.29, 1.82) is 0 Å². The fourth-order valence-corrected chi connectivity index (χ4v) is 2.62. The molecular formula is C17H18Cl2N2O4. The number of hydrogen-bond donors (Lipinski definition) is 1. The number of benzene rings is 1. The summed E-state index contributed by atoms with van der Waals surface area (Å²) < 4.78 is 15.9. The lowest BCUT2D eigenvalue weighted by Crippen LogP contribution is -2.27. The van der Waals surface area contributed by atoms with E-state index in [1.54, 1.807) is 12.1 Å². The lowest BCUT2D eigenvalue weighted by atomic mass is 10.1. The van der Waals surface area contributed by atoms with Gasteiger partial charge in [0.05, 0.1) is 32.4 Å². The van der Waals surface area contributed by atoms with Crippen molar-refractivity contribution in [2.45, 2.75) is 13.0 Å². The quantitative estimate of drug-likeness (QED) is 0.764. The van der Waals surface area contributed by atoms with Gasteiger partial charge in [-0.2, -0.15) is 0 Å². The number of hydrogen-bond acceptors (Lipinski definition) is 5. The van der Waals surface area contributed by atoms with Crippen LogP contribution in [0.4, 0.5) is 0 Å². The number of nitrogens with zero attached hydrogens (tertiary/aromatic N) is 1. The van der Waals surface area contributed by atoms with Crippen LogP contribution in [0.25, 0.3) is 0 Å². The van der Waals surface area contributed by atoms with Gasteiger partial charge < -0.3 is 19.5 Å². The van der Waals surface area contributed by atoms with Crippen molar-refractivity contribution in [2.24, 2.45) is 0 Å². The van der Waals surface area contributed by atoms with Gasteiger partial charge in [-0.25, -0.2) is 4.98 Å². The van der Waals surface area contributed by atoms with Crippen LogP contribution in [-0.2, 0) is 0 Å². The van der Waals surface area contributed by atoms with Gasteiger partial charge in [0.15, 0.2) is 11.5 Å². The van der Waals surface area contributed by atoms with E-state index in [1.165, 1.54) is 33.5 Å². The Morgan fingerprint density at radius 2 is 1.68 bits per heavy atom. The Kier molecular flexibility index (Phi) is 6.33. The summed E-state index contributed by atoms with van der Waals surface area (Å²) in [5, 5.41) is 3.24. The number of methoxy groups -OCH3 is 3. The van der Waals surface area contributed by atoms with Crippen LogP contribution in [0, 0.1) is 0 Å². The van der Waals surface area contributed by atoms with Crippen molar-refractivity contribution in [2.75, 3.05) is 21.3 Å². The zero-order valence-corrected chi connectivity index (χ0v) is 15.7. The molecule has 0 bridgehead atoms. The van der Waals surface area contributed by atoms with Crippen molar-refractivity contribution < 1.29 is 19.0 Å². The average Bonchev–Trinajstić information content (AvgIpc) is 2.61. The molecular weight excluding hydrogens is 367 g/mol. The number of aromatic nitrogens is 1. The Hall–Kier alpha value is -2.18. The van der Waals surface area contributed by atoms with Crippen LogP contribution in [0.3, 0.4) is 0 Å². The van der Waals surface area contributed by atoms with Crippen LogP contribution in [-0.4, -0.2) is 32.2 Å². The number of ether oxygens (including phenoxy) is 3. The molecule has 1 amide bonds. The number of pyridine rings is 1. The van der Waals surface area contributed by atoms with Gasteiger partial charge >= 0.3 is 0 Å². The van der Waals surface area contributed by atoms with Gasteiger partial charge in [0, 0.05) is 0 Å². The fraction of sp³-hybridized carbons (Fsp3) is 0.294. The first-order valence-corrected chi connectivity index (χ1v) is 8.09. The maximum Gasteiger partial charge on any atom is 0.271 e. The van der Waals surface area contributed by atoms with Crippen molar-refractivity contribution in [3.8, 4) is 17.2 Å². The van der Waals surface area contributed by atoms with Gasteiger partial charge in [-0.05, 0) is 36.8 Å². The number of rotatable bonds is 6. The molecule has 134 valence electrons. The first-order chi connectivity index (χ1) is 11.9. The highest BCUT2D eigenvalue weighted by Gasteiger charge is 2.20. The van der Waals surface area contributed by atoms with Crippen LogP contribution in [0.5, 0.6) is 17.2 Å². The summed E-state index contributed by atoms with van der Waals surface area (Å²) in [6.45, 7) is 1.82. The van der Waals surface area contributed by atoms with E-state index in [4.69, 9.17) is 37.4 Å². The van der Waals surface area contributed by atoms with Gasteiger partial charge in [-0.3, -0.25) is 4.79 Å². The lowest BCUT2D eigenvalue weighted by Gasteiger charge is -2.19. The minimum absolute atomic E-state index is 0.0634. The molecule has 0 saturated carbocycles. The Morgan fingerprint density at radius 3 is 2.20 bits per heavy atom. The Balaban J connectivity index is 2.30. The minimum atomic E-state index is -0.436. The molecule has 0 aliphatic heterocycles. The Morgan fingerprint density at radius 1 is 1.08 bits per heavy atom. The predicted molar refractivity (Wildman–Crippen MR) is 96.2 cm³/mol. The topological polar surface area (TPSA) is 69.7 Å². The number of halogens is 2. The normalized spacial score (nSPS) is 11.6. The second-order valence-corrected chi connectivity index (χ2v) is 5.91. The zero-order valence-electron chi connectivity index (χ0n) is 14.2. The third kappa shape index (κ3) is 4.27. The summed E-state index contributed by atoms with van der Waals surface area (Å²) in [4.78, 5) is 16.4. The molecule has 1 heterocycles. The molecule has 2 aromatic rings. The van der Waals surface area contributed by atoms with E-state index >= 15 is 0 Å². The van der Waals surface area contributed by atoms with Crippen LogP contribution >= 0.6 is 23.2 Å². The third-order valence-corrected chi connectivity index (χ3v) is 4.08. The second-order valence-electron chi connectivity index (χ2n) is 5.12. The molecule has 0 spiro atoms. The third-order valence-electron chi connectivity index (χ3n) is 3.56. The van der Waals surface area contributed by atoms with Crippen LogP contribution < -0.4 is 19.5 Å². The average molecular weight is 385 g/mol. The largest absolute Gasteiger partial charge is 0.493 e. The van der Waals surface area contributed by atoms with Gasteiger partial charge in [-0.1, -0.05) is 23.2 Å². The van der Waals surface area contributed by atoms with E-state index in [9.17, 15) is 4.79 Å². The van der Waals surface area contributed by atoms with Crippen LogP contribution in [0.15, 0.2) is 24.3 Å². The molecule has 0 saturated heterocycles. The second kappa shape index (κ2) is 8.27. The van der Waals surface area contributed by atoms with E-state index in [0.29, 0.717) is 17.2 Å². The molecule has 1 aromatic heterocycles. The molecule has 0 fully saturated rings. The number of amides is 1. The van der Waals surface area contributed by atoms with Gasteiger partial charge in [0.1, 0.15) is 10.8 Å². The number of carbonyl (C=O) groups is 1. The van der Waals surface area contributed by atoms with E-state index in [2.05, 4.69) is 10.3 Å². The molecule has 0 aliphatic carbocycles. The molecule has 6 nitrogen and oxygen atoms in total. The van der Waals surface area contributed by atoms with Gasteiger partial charge in [0.2, 0.25) is 5.75 Å². The van der Waals surface area contributed by atoms with Crippen LogP contribution in [0.2, 0.25) is 10.2 Å². The van der Waals surface area contributed by atoms with E-state index in [0.717, 1.165) is 5.56 Å². The molecule has 0 radical (unpaired) electrons. The van der Waals surface area contributed by atoms with E-state index in [1.807, 2.05) is 6.92 Å². The molecule has 1 atom stereocenters. The summed E-state index contributed by atoms with van der Waals surface area (Å²) in [6, 6.07) is 6.20. The molecule has 8 heteroatoms. The number of carbonyl (C=O) groups excluding carboxylic acids is 1. The summed E-state index contributed by atoms with van der Waals surface area (Å²) in [7, 11) is 4.58. The first kappa shape index (κ1) is 19.1. The zero-order chi connectivity index (χ0) is 18.6. The maximum atomic E-state index is 12.4. The highest BCUT2D eigenvalue weighted by Crippen LogP contribution is 2.39. The summed E-state index contributed by atoms with van der Waals surface area (Å²) >= 11 is 11.8. The smallest absolute Gasteiger partial charge is 0.271 e. The summed E-state index contributed by atoms with van der Waals surface area (Å²) in [5.74, 6) is 1.04. The molecule has 25 heavy (non-hydrogen) atoms. The van der Waals surface area contributed by atoms with Crippen molar-refractivity contribution >= 4 is 29.1 Å². The van der Waals surface area contributed by atoms with Crippen molar-refractivity contribution in [3.05, 3.63) is 45.7 Å². The highest BCUT2D eigenvalue weighted by molar-refractivity contribution is 6.34. The van der Waals surface area contributed by atoms with Gasteiger partial charge in [-0.15, -0.1) is 0 Å². The lowest BCUT2D eigenvalue weighted by molar-refractivity contribution is 0.0935. The predicted octanol–water partition coefficient (Wildman–Crippen LogP) is 3.91. The van der Waals surface area contributed by atoms with E-state index in [-0.39, 0.29) is 21.9 Å². The fourth-order valence-electron chi connectivity index (χ4n) is 2.28. The van der Waals surface area contributed by atoms with Crippen molar-refractivity contribution in [3.63, 3.8) is 0 Å². The van der Waals surface area contributed by atoms with Crippen LogP contribution in [0.1, 0.15) is 29.0 Å². The standard InChI is InChI=1S/C17H18Cl2N2O4/c1-9(20-17(22)15-11(18)5-6-14(19)21-15)10-7-12(23-2)16(25-4)13(8-10)24-3/h5-9H,1-4H3,(H,20,22).